The van der Waals surface area contributed by atoms with Crippen molar-refractivity contribution in [2.75, 3.05) is 0 Å². The SMILES string of the molecule is N#Cc1ccc(C(=O)/C=C/c2cccc3ccccc23)cc1. The maximum absolute atomic E-state index is 12.2. The van der Waals surface area contributed by atoms with Crippen LogP contribution in [0.3, 0.4) is 0 Å². The second-order valence-electron chi connectivity index (χ2n) is 4.96. The molecule has 0 spiro atoms. The average Bonchev–Trinajstić information content (AvgIpc) is 2.59. The van der Waals surface area contributed by atoms with E-state index in [1.54, 1.807) is 30.3 Å². The summed E-state index contributed by atoms with van der Waals surface area (Å²) in [6.45, 7) is 0. The fourth-order valence-corrected chi connectivity index (χ4v) is 2.37. The second kappa shape index (κ2) is 6.07. The zero-order chi connectivity index (χ0) is 15.4. The lowest BCUT2D eigenvalue weighted by atomic mass is 10.0. The Hall–Kier alpha value is -3.18. The number of benzene rings is 3. The van der Waals surface area contributed by atoms with E-state index >= 15 is 0 Å². The van der Waals surface area contributed by atoms with Crippen LogP contribution in [0.25, 0.3) is 16.8 Å². The normalized spacial score (nSPS) is 10.7. The van der Waals surface area contributed by atoms with Crippen LogP contribution in [0.1, 0.15) is 21.5 Å². The molecule has 0 heterocycles. The Bertz CT molecular complexity index is 894. The summed E-state index contributed by atoms with van der Waals surface area (Å²) < 4.78 is 0. The summed E-state index contributed by atoms with van der Waals surface area (Å²) in [5.41, 5.74) is 2.14. The lowest BCUT2D eigenvalue weighted by Crippen LogP contribution is -1.93. The first-order valence-corrected chi connectivity index (χ1v) is 6.98. The van der Waals surface area contributed by atoms with Crippen LogP contribution in [0.15, 0.2) is 72.8 Å². The maximum atomic E-state index is 12.2. The summed E-state index contributed by atoms with van der Waals surface area (Å²) in [6.07, 6.45) is 3.41. The van der Waals surface area contributed by atoms with Crippen molar-refractivity contribution in [3.63, 3.8) is 0 Å². The number of rotatable bonds is 3. The van der Waals surface area contributed by atoms with Crippen molar-refractivity contribution in [1.29, 1.82) is 5.26 Å². The average molecular weight is 283 g/mol. The quantitative estimate of drug-likeness (QED) is 0.520. The van der Waals surface area contributed by atoms with Gasteiger partial charge in [-0.2, -0.15) is 5.26 Å². The van der Waals surface area contributed by atoms with Crippen LogP contribution in [-0.4, -0.2) is 5.78 Å². The number of nitrogens with zero attached hydrogens (tertiary/aromatic N) is 1. The smallest absolute Gasteiger partial charge is 0.185 e. The minimum Gasteiger partial charge on any atom is -0.289 e. The first kappa shape index (κ1) is 13.8. The summed E-state index contributed by atoms with van der Waals surface area (Å²) in [6, 6.07) is 22.8. The molecule has 0 unspecified atom stereocenters. The lowest BCUT2D eigenvalue weighted by Gasteiger charge is -2.01. The number of fused-ring (bicyclic) bond motifs is 1. The van der Waals surface area contributed by atoms with Gasteiger partial charge >= 0.3 is 0 Å². The molecule has 0 saturated carbocycles. The minimum absolute atomic E-state index is 0.0718. The molecule has 0 amide bonds. The van der Waals surface area contributed by atoms with Crippen LogP contribution in [0, 0.1) is 11.3 Å². The molecule has 0 saturated heterocycles. The number of allylic oxidation sites excluding steroid dienone is 1. The molecule has 3 aromatic rings. The van der Waals surface area contributed by atoms with Gasteiger partial charge in [-0.05, 0) is 46.7 Å². The van der Waals surface area contributed by atoms with Crippen molar-refractivity contribution in [3.8, 4) is 6.07 Å². The summed E-state index contributed by atoms with van der Waals surface area (Å²) in [5, 5.41) is 11.0. The van der Waals surface area contributed by atoms with Crippen molar-refractivity contribution in [2.24, 2.45) is 0 Å². The van der Waals surface area contributed by atoms with Gasteiger partial charge < -0.3 is 0 Å². The second-order valence-corrected chi connectivity index (χ2v) is 4.96. The lowest BCUT2D eigenvalue weighted by molar-refractivity contribution is 0.104. The van der Waals surface area contributed by atoms with E-state index in [2.05, 4.69) is 12.1 Å². The minimum atomic E-state index is -0.0718. The van der Waals surface area contributed by atoms with E-state index in [0.29, 0.717) is 11.1 Å². The first-order valence-electron chi connectivity index (χ1n) is 6.98. The predicted molar refractivity (Wildman–Crippen MR) is 88.5 cm³/mol. The van der Waals surface area contributed by atoms with Crippen molar-refractivity contribution in [2.45, 2.75) is 0 Å². The zero-order valence-corrected chi connectivity index (χ0v) is 11.9. The van der Waals surface area contributed by atoms with Crippen molar-refractivity contribution < 1.29 is 4.79 Å². The number of carbonyl (C=O) groups is 1. The largest absolute Gasteiger partial charge is 0.289 e. The highest BCUT2D eigenvalue weighted by atomic mass is 16.1. The van der Waals surface area contributed by atoms with E-state index in [1.807, 2.05) is 42.5 Å². The highest BCUT2D eigenvalue weighted by Crippen LogP contribution is 2.19. The van der Waals surface area contributed by atoms with Crippen LogP contribution in [-0.2, 0) is 0 Å². The molecule has 2 nitrogen and oxygen atoms in total. The highest BCUT2D eigenvalue weighted by Gasteiger charge is 2.02. The van der Waals surface area contributed by atoms with Gasteiger partial charge in [-0.15, -0.1) is 0 Å². The molecule has 0 N–H and O–H groups in total. The van der Waals surface area contributed by atoms with E-state index in [1.165, 1.54) is 0 Å². The molecular formula is C20H13NO. The molecule has 3 rings (SSSR count). The topological polar surface area (TPSA) is 40.9 Å². The molecule has 3 aromatic carbocycles. The van der Waals surface area contributed by atoms with Gasteiger partial charge in [-0.1, -0.05) is 48.5 Å². The molecule has 22 heavy (non-hydrogen) atoms. The molecule has 0 aliphatic carbocycles. The third-order valence-corrected chi connectivity index (χ3v) is 3.54. The maximum Gasteiger partial charge on any atom is 0.185 e. The molecule has 104 valence electrons. The molecular weight excluding hydrogens is 270 g/mol. The first-order chi connectivity index (χ1) is 10.8. The van der Waals surface area contributed by atoms with Crippen LogP contribution in [0.2, 0.25) is 0 Å². The molecule has 0 radical (unpaired) electrons. The van der Waals surface area contributed by atoms with Gasteiger partial charge in [0.2, 0.25) is 0 Å². The van der Waals surface area contributed by atoms with E-state index in [0.717, 1.165) is 16.3 Å². The van der Waals surface area contributed by atoms with Gasteiger partial charge in [0.15, 0.2) is 5.78 Å². The van der Waals surface area contributed by atoms with Gasteiger partial charge in [0.05, 0.1) is 11.6 Å². The van der Waals surface area contributed by atoms with E-state index in [4.69, 9.17) is 5.26 Å². The Morgan fingerprint density at radius 3 is 2.41 bits per heavy atom. The van der Waals surface area contributed by atoms with Crippen LogP contribution in [0.4, 0.5) is 0 Å². The highest BCUT2D eigenvalue weighted by molar-refractivity contribution is 6.07. The Balaban J connectivity index is 1.89. The molecule has 0 aliphatic rings. The van der Waals surface area contributed by atoms with Crippen molar-refractivity contribution in [3.05, 3.63) is 89.5 Å². The van der Waals surface area contributed by atoms with Crippen molar-refractivity contribution >= 4 is 22.6 Å². The zero-order valence-electron chi connectivity index (χ0n) is 11.9. The molecule has 0 bridgehead atoms. The third-order valence-electron chi connectivity index (χ3n) is 3.54. The summed E-state index contributed by atoms with van der Waals surface area (Å²) in [7, 11) is 0. The fraction of sp³-hybridized carbons (Fsp3) is 0. The Morgan fingerprint density at radius 2 is 1.64 bits per heavy atom. The number of hydrogen-bond acceptors (Lipinski definition) is 2. The Morgan fingerprint density at radius 1 is 0.909 bits per heavy atom. The number of nitriles is 1. The van der Waals surface area contributed by atoms with Gasteiger partial charge in [-0.25, -0.2) is 0 Å². The van der Waals surface area contributed by atoms with Crippen LogP contribution < -0.4 is 0 Å². The molecule has 0 aromatic heterocycles. The Labute approximate surface area is 128 Å². The monoisotopic (exact) mass is 283 g/mol. The van der Waals surface area contributed by atoms with Crippen LogP contribution in [0.5, 0.6) is 0 Å². The standard InChI is InChI=1S/C20H13NO/c21-14-15-8-10-18(11-9-15)20(22)13-12-17-6-3-5-16-4-1-2-7-19(16)17/h1-13H/b13-12+. The van der Waals surface area contributed by atoms with Crippen molar-refractivity contribution in [1.82, 2.24) is 0 Å². The Kier molecular flexibility index (Phi) is 3.80. The van der Waals surface area contributed by atoms with E-state index < -0.39 is 0 Å². The number of ketones is 1. The van der Waals surface area contributed by atoms with E-state index in [9.17, 15) is 4.79 Å². The number of carbonyl (C=O) groups excluding carboxylic acids is 1. The summed E-state index contributed by atoms with van der Waals surface area (Å²) in [4.78, 5) is 12.2. The number of hydrogen-bond donors (Lipinski definition) is 0. The van der Waals surface area contributed by atoms with Gasteiger partial charge in [0.25, 0.3) is 0 Å². The summed E-state index contributed by atoms with van der Waals surface area (Å²) in [5.74, 6) is -0.0718. The summed E-state index contributed by atoms with van der Waals surface area (Å²) >= 11 is 0. The van der Waals surface area contributed by atoms with Gasteiger partial charge in [-0.3, -0.25) is 4.79 Å². The molecule has 2 heteroatoms. The fourth-order valence-electron chi connectivity index (χ4n) is 2.37. The van der Waals surface area contributed by atoms with Gasteiger partial charge in [0, 0.05) is 5.56 Å². The predicted octanol–water partition coefficient (Wildman–Crippen LogP) is 4.61. The van der Waals surface area contributed by atoms with Crippen LogP contribution >= 0.6 is 0 Å². The third kappa shape index (κ3) is 2.79. The van der Waals surface area contributed by atoms with Gasteiger partial charge in [0.1, 0.15) is 0 Å². The van der Waals surface area contributed by atoms with E-state index in [-0.39, 0.29) is 5.78 Å². The molecule has 0 fully saturated rings. The molecule has 0 atom stereocenters. The molecule has 0 aliphatic heterocycles.